The quantitative estimate of drug-likeness (QED) is 0.587. The molecule has 9 nitrogen and oxygen atoms in total. The Bertz CT molecular complexity index is 1170. The zero-order chi connectivity index (χ0) is 23.4. The van der Waals surface area contributed by atoms with Gasteiger partial charge in [0, 0.05) is 19.6 Å². The normalized spacial score (nSPS) is 15.3. The highest BCUT2D eigenvalue weighted by Crippen LogP contribution is 2.25. The number of sulfonamides is 2. The second-order valence-electron chi connectivity index (χ2n) is 7.65. The third kappa shape index (κ3) is 6.06. The minimum atomic E-state index is -3.76. The van der Waals surface area contributed by atoms with Crippen molar-refractivity contribution in [2.24, 2.45) is 5.14 Å². The van der Waals surface area contributed by atoms with Crippen molar-refractivity contribution < 1.29 is 26.4 Å². The maximum absolute atomic E-state index is 12.8. The van der Waals surface area contributed by atoms with Gasteiger partial charge in [-0.25, -0.2) is 22.0 Å². The van der Waals surface area contributed by atoms with Gasteiger partial charge in [-0.05, 0) is 61.2 Å². The van der Waals surface area contributed by atoms with Gasteiger partial charge >= 0.3 is 0 Å². The van der Waals surface area contributed by atoms with Gasteiger partial charge in [-0.1, -0.05) is 18.6 Å². The zero-order valence-corrected chi connectivity index (χ0v) is 19.4. The molecule has 174 valence electrons. The summed E-state index contributed by atoms with van der Waals surface area (Å²) in [6.07, 6.45) is 2.77. The number of amides is 1. The molecule has 2 aromatic carbocycles. The van der Waals surface area contributed by atoms with Gasteiger partial charge in [0.2, 0.25) is 20.0 Å². The number of nitrogens with one attached hydrogen (secondary N) is 1. The Morgan fingerprint density at radius 2 is 1.62 bits per heavy atom. The van der Waals surface area contributed by atoms with Gasteiger partial charge in [0.25, 0.3) is 5.91 Å². The Hall–Kier alpha value is -2.47. The van der Waals surface area contributed by atoms with Crippen LogP contribution < -0.4 is 15.2 Å². The number of hydrogen-bond donors (Lipinski definition) is 2. The highest BCUT2D eigenvalue weighted by atomic mass is 32.2. The van der Waals surface area contributed by atoms with Crippen LogP contribution in [0.2, 0.25) is 0 Å². The lowest BCUT2D eigenvalue weighted by Gasteiger charge is -2.26. The van der Waals surface area contributed by atoms with Crippen LogP contribution in [0.15, 0.2) is 52.3 Å². The van der Waals surface area contributed by atoms with Gasteiger partial charge in [-0.15, -0.1) is 0 Å². The fourth-order valence-corrected chi connectivity index (χ4v) is 5.51. The Morgan fingerprint density at radius 1 is 1.00 bits per heavy atom. The highest BCUT2D eigenvalue weighted by Gasteiger charge is 2.26. The smallest absolute Gasteiger partial charge is 0.258 e. The molecule has 1 amide bonds. The van der Waals surface area contributed by atoms with Gasteiger partial charge in [0.15, 0.2) is 6.61 Å². The fourth-order valence-electron chi connectivity index (χ4n) is 3.39. The number of nitrogens with two attached hydrogens (primary N) is 1. The van der Waals surface area contributed by atoms with Crippen LogP contribution in [0.25, 0.3) is 0 Å². The number of rotatable bonds is 8. The first-order chi connectivity index (χ1) is 15.1. The van der Waals surface area contributed by atoms with E-state index in [2.05, 4.69) is 5.32 Å². The largest absolute Gasteiger partial charge is 0.484 e. The van der Waals surface area contributed by atoms with Crippen LogP contribution in [-0.2, 0) is 31.4 Å². The molecule has 1 heterocycles. The summed E-state index contributed by atoms with van der Waals surface area (Å²) in [7, 11) is -7.29. The molecule has 0 unspecified atom stereocenters. The summed E-state index contributed by atoms with van der Waals surface area (Å²) >= 11 is 0. The molecule has 0 saturated carbocycles. The van der Waals surface area contributed by atoms with Crippen LogP contribution in [0.3, 0.4) is 0 Å². The third-order valence-electron chi connectivity index (χ3n) is 5.20. The van der Waals surface area contributed by atoms with E-state index in [1.807, 2.05) is 0 Å². The van der Waals surface area contributed by atoms with E-state index >= 15 is 0 Å². The number of aryl methyl sites for hydroxylation is 1. The molecule has 3 rings (SSSR count). The van der Waals surface area contributed by atoms with E-state index in [1.54, 1.807) is 31.2 Å². The van der Waals surface area contributed by atoms with Crippen molar-refractivity contribution in [1.82, 2.24) is 9.62 Å². The second kappa shape index (κ2) is 9.99. The lowest BCUT2D eigenvalue weighted by molar-refractivity contribution is -0.123. The van der Waals surface area contributed by atoms with Crippen molar-refractivity contribution in [3.8, 4) is 5.75 Å². The summed E-state index contributed by atoms with van der Waals surface area (Å²) in [6, 6.07) is 10.5. The van der Waals surface area contributed by atoms with Crippen molar-refractivity contribution >= 4 is 26.0 Å². The summed E-state index contributed by atoms with van der Waals surface area (Å²) in [4.78, 5) is 12.3. The summed E-state index contributed by atoms with van der Waals surface area (Å²) < 4.78 is 55.2. The first kappa shape index (κ1) is 24.2. The van der Waals surface area contributed by atoms with Crippen molar-refractivity contribution in [1.29, 1.82) is 0 Å². The van der Waals surface area contributed by atoms with E-state index in [0.29, 0.717) is 30.0 Å². The summed E-state index contributed by atoms with van der Waals surface area (Å²) in [5, 5.41) is 7.74. The van der Waals surface area contributed by atoms with Gasteiger partial charge < -0.3 is 10.1 Å². The number of benzene rings is 2. The lowest BCUT2D eigenvalue weighted by Crippen LogP contribution is -2.35. The number of carbonyl (C=O) groups excluding carboxylic acids is 1. The molecule has 0 aromatic heterocycles. The number of carbonyl (C=O) groups is 1. The predicted octanol–water partition coefficient (Wildman–Crippen LogP) is 1.51. The Kier molecular flexibility index (Phi) is 7.55. The van der Waals surface area contributed by atoms with E-state index in [4.69, 9.17) is 9.88 Å². The van der Waals surface area contributed by atoms with Crippen LogP contribution in [0.4, 0.5) is 0 Å². The van der Waals surface area contributed by atoms with Gasteiger partial charge in [0.1, 0.15) is 5.75 Å². The van der Waals surface area contributed by atoms with Crippen molar-refractivity contribution in [3.05, 3.63) is 53.6 Å². The minimum Gasteiger partial charge on any atom is -0.484 e. The number of primary sulfonamides is 1. The van der Waals surface area contributed by atoms with Gasteiger partial charge in [-0.2, -0.15) is 4.31 Å². The van der Waals surface area contributed by atoms with Crippen molar-refractivity contribution in [2.45, 2.75) is 42.5 Å². The molecule has 1 fully saturated rings. The monoisotopic (exact) mass is 481 g/mol. The molecule has 2 aromatic rings. The Balaban J connectivity index is 1.54. The Morgan fingerprint density at radius 3 is 2.22 bits per heavy atom. The van der Waals surface area contributed by atoms with Crippen molar-refractivity contribution in [2.75, 3.05) is 19.7 Å². The van der Waals surface area contributed by atoms with Crippen LogP contribution in [0, 0.1) is 6.92 Å². The first-order valence-electron chi connectivity index (χ1n) is 10.2. The molecular weight excluding hydrogens is 454 g/mol. The average molecular weight is 482 g/mol. The summed E-state index contributed by atoms with van der Waals surface area (Å²) in [5.41, 5.74) is 1.32. The maximum atomic E-state index is 12.8. The minimum absolute atomic E-state index is 0.00265. The molecule has 0 spiro atoms. The van der Waals surface area contributed by atoms with Crippen LogP contribution in [0.1, 0.15) is 30.4 Å². The standard InChI is InChI=1S/C21H27N3O6S2/c1-16-13-19(32(28,29)24-11-3-2-4-12-24)9-10-20(16)30-15-21(25)23-14-17-5-7-18(8-6-17)31(22,26)27/h5-10,13H,2-4,11-12,14-15H2,1H3,(H,23,25)(H2,22,26,27). The molecule has 1 aliphatic rings. The predicted molar refractivity (Wildman–Crippen MR) is 119 cm³/mol. The second-order valence-corrected chi connectivity index (χ2v) is 11.1. The van der Waals surface area contributed by atoms with E-state index in [9.17, 15) is 21.6 Å². The molecule has 32 heavy (non-hydrogen) atoms. The molecular formula is C21H27N3O6S2. The summed E-state index contributed by atoms with van der Waals surface area (Å²) in [6.45, 7) is 2.75. The molecule has 0 bridgehead atoms. The number of piperidine rings is 1. The molecule has 0 radical (unpaired) electrons. The van der Waals surface area contributed by atoms with Crippen molar-refractivity contribution in [3.63, 3.8) is 0 Å². The van der Waals surface area contributed by atoms with Gasteiger partial charge in [0.05, 0.1) is 9.79 Å². The van der Waals surface area contributed by atoms with Crippen LogP contribution in [0.5, 0.6) is 5.75 Å². The first-order valence-corrected chi connectivity index (χ1v) is 13.2. The van der Waals surface area contributed by atoms with E-state index in [-0.39, 0.29) is 28.8 Å². The SMILES string of the molecule is Cc1cc(S(=O)(=O)N2CCCCC2)ccc1OCC(=O)NCc1ccc(S(N)(=O)=O)cc1. The van der Waals surface area contributed by atoms with E-state index < -0.39 is 20.0 Å². The number of ether oxygens (including phenoxy) is 1. The third-order valence-corrected chi connectivity index (χ3v) is 8.02. The van der Waals surface area contributed by atoms with Crippen LogP contribution in [-0.4, -0.2) is 46.7 Å². The molecule has 1 saturated heterocycles. The highest BCUT2D eigenvalue weighted by molar-refractivity contribution is 7.89. The number of hydrogen-bond acceptors (Lipinski definition) is 6. The zero-order valence-electron chi connectivity index (χ0n) is 17.8. The average Bonchev–Trinajstić information content (AvgIpc) is 2.77. The van der Waals surface area contributed by atoms with Crippen LogP contribution >= 0.6 is 0 Å². The van der Waals surface area contributed by atoms with E-state index in [0.717, 1.165) is 19.3 Å². The molecule has 0 atom stereocenters. The lowest BCUT2D eigenvalue weighted by atomic mass is 10.2. The summed E-state index contributed by atoms with van der Waals surface area (Å²) in [5.74, 6) is 0.0557. The fraction of sp³-hybridized carbons (Fsp3) is 0.381. The molecule has 1 aliphatic heterocycles. The van der Waals surface area contributed by atoms with E-state index in [1.165, 1.54) is 22.5 Å². The number of nitrogens with zero attached hydrogens (tertiary/aromatic N) is 1. The topological polar surface area (TPSA) is 136 Å². The maximum Gasteiger partial charge on any atom is 0.258 e. The Labute approximate surface area is 188 Å². The molecule has 3 N–H and O–H groups in total. The molecule has 11 heteroatoms. The van der Waals surface area contributed by atoms with Gasteiger partial charge in [-0.3, -0.25) is 4.79 Å². The molecule has 0 aliphatic carbocycles.